The first kappa shape index (κ1) is 37.8. The zero-order valence-corrected chi connectivity index (χ0v) is 25.4. The topological polar surface area (TPSA) is 258 Å². The van der Waals surface area contributed by atoms with Crippen molar-refractivity contribution in [2.24, 2.45) is 11.8 Å². The standard InChI is InChI=1S/C28H52O16/c1-12(2)5-4-6-13(3)7-8-39-26-22(37)19(34)24(15(10-30)41-26)44-28-23(38)20(35)25(16(11-31)42-28)43-27-21(36)18(33)17(32)14(9-29)40-27/h12-38H,4-11H2,1-3H3. The van der Waals surface area contributed by atoms with Crippen molar-refractivity contribution < 1.29 is 79.5 Å². The molecule has 0 aromatic heterocycles. The van der Waals surface area contributed by atoms with Crippen molar-refractivity contribution in [1.82, 2.24) is 0 Å². The largest absolute Gasteiger partial charge is 0.394 e. The van der Waals surface area contributed by atoms with E-state index in [0.29, 0.717) is 18.3 Å². The van der Waals surface area contributed by atoms with E-state index >= 15 is 0 Å². The van der Waals surface area contributed by atoms with E-state index in [2.05, 4.69) is 20.8 Å². The van der Waals surface area contributed by atoms with Crippen LogP contribution in [0.3, 0.4) is 0 Å². The van der Waals surface area contributed by atoms with Crippen molar-refractivity contribution in [3.05, 3.63) is 0 Å². The van der Waals surface area contributed by atoms with Gasteiger partial charge in [0.05, 0.1) is 26.4 Å². The lowest BCUT2D eigenvalue weighted by Gasteiger charge is -2.48. The van der Waals surface area contributed by atoms with E-state index in [1.165, 1.54) is 0 Å². The molecule has 0 aliphatic carbocycles. The molecule has 16 nitrogen and oxygen atoms in total. The average Bonchev–Trinajstić information content (AvgIpc) is 2.99. The van der Waals surface area contributed by atoms with Crippen LogP contribution in [0.4, 0.5) is 0 Å². The van der Waals surface area contributed by atoms with Crippen LogP contribution >= 0.6 is 0 Å². The third-order valence-electron chi connectivity index (χ3n) is 8.44. The Labute approximate surface area is 256 Å². The molecule has 3 heterocycles. The van der Waals surface area contributed by atoms with E-state index in [9.17, 15) is 51.1 Å². The van der Waals surface area contributed by atoms with E-state index in [1.807, 2.05) is 0 Å². The van der Waals surface area contributed by atoms with Crippen molar-refractivity contribution >= 4 is 0 Å². The Morgan fingerprint density at radius 2 is 0.977 bits per heavy atom. The molecule has 0 radical (unpaired) electrons. The van der Waals surface area contributed by atoms with Crippen LogP contribution in [0.15, 0.2) is 0 Å². The zero-order valence-electron chi connectivity index (χ0n) is 25.4. The van der Waals surface area contributed by atoms with Crippen LogP contribution in [0, 0.1) is 11.8 Å². The van der Waals surface area contributed by atoms with Crippen LogP contribution in [0.25, 0.3) is 0 Å². The molecule has 3 rings (SSSR count). The van der Waals surface area contributed by atoms with Gasteiger partial charge in [0, 0.05) is 0 Å². The van der Waals surface area contributed by atoms with Crippen molar-refractivity contribution in [1.29, 1.82) is 0 Å². The van der Waals surface area contributed by atoms with E-state index in [4.69, 9.17) is 28.4 Å². The van der Waals surface area contributed by atoms with Crippen molar-refractivity contribution in [2.45, 2.75) is 139 Å². The Morgan fingerprint density at radius 3 is 1.48 bits per heavy atom. The Kier molecular flexibility index (Phi) is 15.0. The molecule has 16 heteroatoms. The fourth-order valence-electron chi connectivity index (χ4n) is 5.59. The summed E-state index contributed by atoms with van der Waals surface area (Å²) in [5, 5.41) is 103. The van der Waals surface area contributed by atoms with E-state index in [0.717, 1.165) is 19.3 Å². The first-order valence-electron chi connectivity index (χ1n) is 15.3. The third kappa shape index (κ3) is 9.25. The second-order valence-electron chi connectivity index (χ2n) is 12.4. The Morgan fingerprint density at radius 1 is 0.523 bits per heavy atom. The summed E-state index contributed by atoms with van der Waals surface area (Å²) in [7, 11) is 0. The molecule has 16 unspecified atom stereocenters. The maximum Gasteiger partial charge on any atom is 0.187 e. The van der Waals surface area contributed by atoms with Crippen LogP contribution in [0.5, 0.6) is 0 Å². The van der Waals surface area contributed by atoms with Crippen LogP contribution in [0.2, 0.25) is 0 Å². The average molecular weight is 645 g/mol. The highest BCUT2D eigenvalue weighted by Crippen LogP contribution is 2.32. The highest BCUT2D eigenvalue weighted by molar-refractivity contribution is 4.96. The second-order valence-corrected chi connectivity index (χ2v) is 12.4. The summed E-state index contributed by atoms with van der Waals surface area (Å²) in [6.07, 6.45) is -20.0. The predicted octanol–water partition coefficient (Wildman–Crippen LogP) is -3.70. The summed E-state index contributed by atoms with van der Waals surface area (Å²) >= 11 is 0. The molecule has 3 saturated heterocycles. The zero-order chi connectivity index (χ0) is 32.7. The van der Waals surface area contributed by atoms with Gasteiger partial charge in [-0.05, 0) is 18.3 Å². The van der Waals surface area contributed by atoms with E-state index in [1.54, 1.807) is 0 Å². The molecule has 0 spiro atoms. The smallest absolute Gasteiger partial charge is 0.187 e. The fourth-order valence-corrected chi connectivity index (χ4v) is 5.59. The highest BCUT2D eigenvalue weighted by Gasteiger charge is 2.53. The lowest BCUT2D eigenvalue weighted by molar-refractivity contribution is -0.379. The van der Waals surface area contributed by atoms with Gasteiger partial charge >= 0.3 is 0 Å². The van der Waals surface area contributed by atoms with Crippen molar-refractivity contribution in [3.63, 3.8) is 0 Å². The van der Waals surface area contributed by atoms with Crippen LogP contribution in [-0.4, -0.2) is 170 Å². The summed E-state index contributed by atoms with van der Waals surface area (Å²) in [5.41, 5.74) is 0. The maximum absolute atomic E-state index is 10.9. The summed E-state index contributed by atoms with van der Waals surface area (Å²) in [6.45, 7) is 4.48. The van der Waals surface area contributed by atoms with E-state index < -0.39 is 112 Å². The molecule has 260 valence electrons. The van der Waals surface area contributed by atoms with Gasteiger partial charge in [0.1, 0.15) is 73.2 Å². The molecule has 0 amide bonds. The van der Waals surface area contributed by atoms with Gasteiger partial charge in [0.25, 0.3) is 0 Å². The van der Waals surface area contributed by atoms with Crippen molar-refractivity contribution in [2.75, 3.05) is 26.4 Å². The molecular formula is C28H52O16. The minimum Gasteiger partial charge on any atom is -0.394 e. The minimum atomic E-state index is -1.89. The SMILES string of the molecule is CC(C)CCCC(C)CCOC1OC(CO)C(OC2OC(CO)C(OC3OC(CO)C(O)C(O)C3O)C(O)C2O)C(O)C1O. The molecule has 3 aliphatic heterocycles. The molecule has 3 fully saturated rings. The number of hydrogen-bond acceptors (Lipinski definition) is 16. The number of ether oxygens (including phenoxy) is 6. The van der Waals surface area contributed by atoms with Crippen LogP contribution < -0.4 is 0 Å². The predicted molar refractivity (Wildman–Crippen MR) is 147 cm³/mol. The minimum absolute atomic E-state index is 0.242. The number of rotatable bonds is 15. The molecule has 0 aromatic rings. The Balaban J connectivity index is 1.59. The Hall–Kier alpha value is -0.640. The van der Waals surface area contributed by atoms with Crippen LogP contribution in [0.1, 0.15) is 46.5 Å². The molecule has 10 N–H and O–H groups in total. The number of hydrogen-bond donors (Lipinski definition) is 10. The highest BCUT2D eigenvalue weighted by atomic mass is 16.8. The molecule has 3 aliphatic rings. The number of aliphatic hydroxyl groups is 10. The molecular weight excluding hydrogens is 592 g/mol. The summed E-state index contributed by atoms with van der Waals surface area (Å²) in [4.78, 5) is 0. The van der Waals surface area contributed by atoms with Gasteiger partial charge in [-0.25, -0.2) is 0 Å². The lowest BCUT2D eigenvalue weighted by atomic mass is 9.96. The maximum atomic E-state index is 10.9. The van der Waals surface area contributed by atoms with Gasteiger partial charge in [0.15, 0.2) is 18.9 Å². The molecule has 44 heavy (non-hydrogen) atoms. The van der Waals surface area contributed by atoms with E-state index in [-0.39, 0.29) is 6.61 Å². The van der Waals surface area contributed by atoms with Gasteiger partial charge in [-0.3, -0.25) is 0 Å². The normalized spacial score (nSPS) is 44.2. The summed E-state index contributed by atoms with van der Waals surface area (Å²) in [6, 6.07) is 0. The van der Waals surface area contributed by atoms with Gasteiger partial charge in [-0.1, -0.05) is 40.0 Å². The second kappa shape index (κ2) is 17.5. The molecule has 0 saturated carbocycles. The Bertz CT molecular complexity index is 817. The van der Waals surface area contributed by atoms with Gasteiger partial charge in [-0.15, -0.1) is 0 Å². The monoisotopic (exact) mass is 644 g/mol. The first-order valence-corrected chi connectivity index (χ1v) is 15.3. The number of aliphatic hydroxyl groups excluding tert-OH is 10. The molecule has 0 bridgehead atoms. The van der Waals surface area contributed by atoms with Crippen molar-refractivity contribution in [3.8, 4) is 0 Å². The van der Waals surface area contributed by atoms with Crippen LogP contribution in [-0.2, 0) is 28.4 Å². The fraction of sp³-hybridized carbons (Fsp3) is 1.00. The molecule has 0 aromatic carbocycles. The van der Waals surface area contributed by atoms with Gasteiger partial charge in [0.2, 0.25) is 0 Å². The van der Waals surface area contributed by atoms with Gasteiger partial charge < -0.3 is 79.5 Å². The quantitative estimate of drug-likeness (QED) is 0.0823. The third-order valence-corrected chi connectivity index (χ3v) is 8.44. The summed E-state index contributed by atoms with van der Waals surface area (Å²) < 4.78 is 33.4. The molecule has 16 atom stereocenters. The summed E-state index contributed by atoms with van der Waals surface area (Å²) in [5.74, 6) is 0.994. The van der Waals surface area contributed by atoms with Gasteiger partial charge in [-0.2, -0.15) is 0 Å². The first-order chi connectivity index (χ1) is 20.8. The lowest BCUT2D eigenvalue weighted by Crippen LogP contribution is -2.66.